The molecule has 1 heterocycles. The SMILES string of the molecule is COc1ccc(NC(=S)NCc2cccc(N3CCCC3=O)c2)cc1OC. The van der Waals surface area contributed by atoms with Crippen molar-refractivity contribution in [2.45, 2.75) is 19.4 Å². The molecule has 1 fully saturated rings. The van der Waals surface area contributed by atoms with Gasteiger partial charge in [0.05, 0.1) is 14.2 Å². The van der Waals surface area contributed by atoms with Crippen LogP contribution in [0, 0.1) is 0 Å². The van der Waals surface area contributed by atoms with Crippen LogP contribution >= 0.6 is 12.2 Å². The lowest BCUT2D eigenvalue weighted by Gasteiger charge is -2.17. The van der Waals surface area contributed by atoms with Crippen LogP contribution in [0.4, 0.5) is 11.4 Å². The Labute approximate surface area is 164 Å². The number of nitrogens with zero attached hydrogens (tertiary/aromatic N) is 1. The minimum Gasteiger partial charge on any atom is -0.493 e. The summed E-state index contributed by atoms with van der Waals surface area (Å²) >= 11 is 5.38. The average molecular weight is 385 g/mol. The lowest BCUT2D eigenvalue weighted by molar-refractivity contribution is -0.117. The zero-order chi connectivity index (χ0) is 19.2. The Kier molecular flexibility index (Phi) is 6.13. The number of ether oxygens (including phenoxy) is 2. The normalized spacial score (nSPS) is 13.4. The minimum atomic E-state index is 0.186. The van der Waals surface area contributed by atoms with Gasteiger partial charge in [0.25, 0.3) is 0 Å². The summed E-state index contributed by atoms with van der Waals surface area (Å²) in [5.74, 6) is 1.48. The molecule has 3 rings (SSSR count). The van der Waals surface area contributed by atoms with Crippen molar-refractivity contribution < 1.29 is 14.3 Å². The summed E-state index contributed by atoms with van der Waals surface area (Å²) in [5, 5.41) is 6.83. The first kappa shape index (κ1) is 19.0. The van der Waals surface area contributed by atoms with E-state index in [1.165, 1.54) is 0 Å². The number of amides is 1. The van der Waals surface area contributed by atoms with Crippen LogP contribution in [0.1, 0.15) is 18.4 Å². The van der Waals surface area contributed by atoms with E-state index in [2.05, 4.69) is 10.6 Å². The smallest absolute Gasteiger partial charge is 0.227 e. The Morgan fingerprint density at radius 1 is 1.15 bits per heavy atom. The standard InChI is InChI=1S/C20H23N3O3S/c1-25-17-9-8-15(12-18(17)26-2)22-20(27)21-13-14-5-3-6-16(11-14)23-10-4-7-19(23)24/h3,5-6,8-9,11-12H,4,7,10,13H2,1-2H3,(H2,21,22,27). The fourth-order valence-corrected chi connectivity index (χ4v) is 3.22. The molecule has 0 unspecified atom stereocenters. The van der Waals surface area contributed by atoms with Crippen molar-refractivity contribution in [3.05, 3.63) is 48.0 Å². The maximum Gasteiger partial charge on any atom is 0.227 e. The van der Waals surface area contributed by atoms with E-state index in [0.29, 0.717) is 29.6 Å². The van der Waals surface area contributed by atoms with E-state index in [1.54, 1.807) is 14.2 Å². The summed E-state index contributed by atoms with van der Waals surface area (Å²) in [6.45, 7) is 1.35. The van der Waals surface area contributed by atoms with Gasteiger partial charge in [-0.25, -0.2) is 0 Å². The summed E-state index contributed by atoms with van der Waals surface area (Å²) in [6.07, 6.45) is 1.54. The zero-order valence-electron chi connectivity index (χ0n) is 15.5. The van der Waals surface area contributed by atoms with Crippen LogP contribution in [0.3, 0.4) is 0 Å². The Bertz CT molecular complexity index is 841. The molecular weight excluding hydrogens is 362 g/mol. The zero-order valence-corrected chi connectivity index (χ0v) is 16.3. The topological polar surface area (TPSA) is 62.8 Å². The summed E-state index contributed by atoms with van der Waals surface area (Å²) in [4.78, 5) is 13.8. The van der Waals surface area contributed by atoms with Crippen LogP contribution in [-0.4, -0.2) is 31.8 Å². The Hall–Kier alpha value is -2.80. The summed E-state index contributed by atoms with van der Waals surface area (Å²) in [7, 11) is 3.19. The monoisotopic (exact) mass is 385 g/mol. The van der Waals surface area contributed by atoms with E-state index in [1.807, 2.05) is 47.4 Å². The molecule has 1 amide bonds. The predicted molar refractivity (Wildman–Crippen MR) is 111 cm³/mol. The average Bonchev–Trinajstić information content (AvgIpc) is 3.12. The fourth-order valence-electron chi connectivity index (χ4n) is 3.03. The van der Waals surface area contributed by atoms with Crippen LogP contribution in [0.5, 0.6) is 11.5 Å². The highest BCUT2D eigenvalue weighted by Gasteiger charge is 2.21. The third kappa shape index (κ3) is 4.68. The van der Waals surface area contributed by atoms with Gasteiger partial charge in [-0.2, -0.15) is 0 Å². The Morgan fingerprint density at radius 3 is 2.67 bits per heavy atom. The van der Waals surface area contributed by atoms with Crippen LogP contribution in [0.2, 0.25) is 0 Å². The van der Waals surface area contributed by atoms with Gasteiger partial charge in [-0.05, 0) is 48.5 Å². The maximum absolute atomic E-state index is 11.9. The first-order valence-corrected chi connectivity index (χ1v) is 9.17. The third-order valence-electron chi connectivity index (χ3n) is 4.39. The summed E-state index contributed by atoms with van der Waals surface area (Å²) in [6, 6.07) is 13.5. The molecule has 0 radical (unpaired) electrons. The molecule has 0 bridgehead atoms. The second-order valence-electron chi connectivity index (χ2n) is 6.20. The molecule has 7 heteroatoms. The number of hydrogen-bond acceptors (Lipinski definition) is 4. The molecule has 1 saturated heterocycles. The highest BCUT2D eigenvalue weighted by Crippen LogP contribution is 2.29. The molecule has 2 N–H and O–H groups in total. The van der Waals surface area contributed by atoms with Crippen molar-refractivity contribution in [2.24, 2.45) is 0 Å². The van der Waals surface area contributed by atoms with Gasteiger partial charge in [-0.1, -0.05) is 12.1 Å². The number of nitrogens with one attached hydrogen (secondary N) is 2. The third-order valence-corrected chi connectivity index (χ3v) is 4.64. The second-order valence-corrected chi connectivity index (χ2v) is 6.60. The van der Waals surface area contributed by atoms with Crippen molar-refractivity contribution in [3.8, 4) is 11.5 Å². The van der Waals surface area contributed by atoms with E-state index < -0.39 is 0 Å². The maximum atomic E-state index is 11.9. The van der Waals surface area contributed by atoms with Crippen LogP contribution in [0.25, 0.3) is 0 Å². The number of rotatable bonds is 6. The predicted octanol–water partition coefficient (Wildman–Crippen LogP) is 3.32. The van der Waals surface area contributed by atoms with Gasteiger partial charge in [-0.15, -0.1) is 0 Å². The van der Waals surface area contributed by atoms with Crippen LogP contribution in [-0.2, 0) is 11.3 Å². The molecule has 2 aromatic carbocycles. The van der Waals surface area contributed by atoms with Crippen LogP contribution < -0.4 is 25.0 Å². The van der Waals surface area contributed by atoms with Crippen molar-refractivity contribution in [1.29, 1.82) is 0 Å². The molecule has 0 saturated carbocycles. The molecule has 142 valence electrons. The molecule has 0 aromatic heterocycles. The molecule has 27 heavy (non-hydrogen) atoms. The first-order valence-electron chi connectivity index (χ1n) is 8.77. The largest absolute Gasteiger partial charge is 0.493 e. The molecular formula is C20H23N3O3S. The summed E-state index contributed by atoms with van der Waals surface area (Å²) < 4.78 is 10.5. The number of methoxy groups -OCH3 is 2. The lowest BCUT2D eigenvalue weighted by Crippen LogP contribution is -2.28. The molecule has 2 aromatic rings. The number of benzene rings is 2. The van der Waals surface area contributed by atoms with Crippen molar-refractivity contribution in [2.75, 3.05) is 31.0 Å². The molecule has 1 aliphatic rings. The highest BCUT2D eigenvalue weighted by molar-refractivity contribution is 7.80. The highest BCUT2D eigenvalue weighted by atomic mass is 32.1. The molecule has 0 aliphatic carbocycles. The number of carbonyl (C=O) groups excluding carboxylic acids is 1. The summed E-state index contributed by atoms with van der Waals surface area (Å²) in [5.41, 5.74) is 2.81. The number of carbonyl (C=O) groups is 1. The number of anilines is 2. The van der Waals surface area contributed by atoms with Gasteiger partial charge in [0, 0.05) is 37.0 Å². The molecule has 6 nitrogen and oxygen atoms in total. The number of thiocarbonyl (C=S) groups is 1. The molecule has 0 spiro atoms. The molecule has 0 atom stereocenters. The van der Waals surface area contributed by atoms with Crippen molar-refractivity contribution in [1.82, 2.24) is 5.32 Å². The van der Waals surface area contributed by atoms with Gasteiger partial charge in [0.1, 0.15) is 0 Å². The Morgan fingerprint density at radius 2 is 1.96 bits per heavy atom. The van der Waals surface area contributed by atoms with Crippen LogP contribution in [0.15, 0.2) is 42.5 Å². The second kappa shape index (κ2) is 8.73. The lowest BCUT2D eigenvalue weighted by atomic mass is 10.2. The van der Waals surface area contributed by atoms with Crippen molar-refractivity contribution in [3.63, 3.8) is 0 Å². The van der Waals surface area contributed by atoms with Crippen molar-refractivity contribution >= 4 is 34.6 Å². The first-order chi connectivity index (χ1) is 13.1. The Balaban J connectivity index is 1.59. The fraction of sp³-hybridized carbons (Fsp3) is 0.300. The molecule has 1 aliphatic heterocycles. The van der Waals surface area contributed by atoms with Gasteiger partial charge < -0.3 is 25.0 Å². The van der Waals surface area contributed by atoms with Gasteiger partial charge >= 0.3 is 0 Å². The number of hydrogen-bond donors (Lipinski definition) is 2. The van der Waals surface area contributed by atoms with E-state index >= 15 is 0 Å². The van der Waals surface area contributed by atoms with E-state index in [-0.39, 0.29) is 5.91 Å². The van der Waals surface area contributed by atoms with Gasteiger partial charge in [0.2, 0.25) is 5.91 Å². The van der Waals surface area contributed by atoms with Gasteiger partial charge in [0.15, 0.2) is 16.6 Å². The van der Waals surface area contributed by atoms with E-state index in [4.69, 9.17) is 21.7 Å². The minimum absolute atomic E-state index is 0.186. The quantitative estimate of drug-likeness (QED) is 0.744. The van der Waals surface area contributed by atoms with E-state index in [0.717, 1.165) is 29.9 Å². The van der Waals surface area contributed by atoms with E-state index in [9.17, 15) is 4.79 Å². The van der Waals surface area contributed by atoms with Gasteiger partial charge in [-0.3, -0.25) is 4.79 Å².